The van der Waals surface area contributed by atoms with E-state index in [4.69, 9.17) is 10.1 Å². The summed E-state index contributed by atoms with van der Waals surface area (Å²) in [6.45, 7) is 9.07. The number of benzene rings is 1. The van der Waals surface area contributed by atoms with Crippen molar-refractivity contribution in [1.29, 1.82) is 0 Å². The summed E-state index contributed by atoms with van der Waals surface area (Å²) < 4.78 is 0. The summed E-state index contributed by atoms with van der Waals surface area (Å²) >= 11 is 1.71. The van der Waals surface area contributed by atoms with Gasteiger partial charge in [-0.1, -0.05) is 0 Å². The molecule has 0 saturated carbocycles. The highest BCUT2D eigenvalue weighted by Gasteiger charge is 2.25. The average Bonchev–Trinajstić information content (AvgIpc) is 3.00. The van der Waals surface area contributed by atoms with Crippen LogP contribution in [0.15, 0.2) is 27.9 Å². The van der Waals surface area contributed by atoms with E-state index in [1.165, 1.54) is 16.7 Å². The number of hydrogen-bond acceptors (Lipinski definition) is 6. The van der Waals surface area contributed by atoms with Gasteiger partial charge in [-0.25, -0.2) is 4.99 Å². The highest BCUT2D eigenvalue weighted by molar-refractivity contribution is 7.08. The predicted octanol–water partition coefficient (Wildman–Crippen LogP) is 3.11. The number of nitrogens with zero attached hydrogens (tertiary/aromatic N) is 3. The molecule has 1 saturated heterocycles. The molecule has 2 aliphatic heterocycles. The van der Waals surface area contributed by atoms with Gasteiger partial charge in [0.2, 0.25) is 0 Å². The summed E-state index contributed by atoms with van der Waals surface area (Å²) in [6.07, 6.45) is 0. The quantitative estimate of drug-likeness (QED) is 0.868. The lowest BCUT2D eigenvalue weighted by Crippen LogP contribution is -2.49. The average molecular weight is 356 g/mol. The summed E-state index contributed by atoms with van der Waals surface area (Å²) in [5, 5.41) is 17.1. The third-order valence-corrected chi connectivity index (χ3v) is 5.84. The van der Waals surface area contributed by atoms with E-state index >= 15 is 0 Å². The zero-order valence-corrected chi connectivity index (χ0v) is 15.6. The van der Waals surface area contributed by atoms with Crippen molar-refractivity contribution in [3.8, 4) is 0 Å². The Bertz CT molecular complexity index is 806. The predicted molar refractivity (Wildman–Crippen MR) is 105 cm³/mol. The number of hydrogen-bond donors (Lipinski definition) is 2. The number of aliphatic hydroxyl groups is 1. The van der Waals surface area contributed by atoms with Gasteiger partial charge in [0.15, 0.2) is 0 Å². The third kappa shape index (κ3) is 3.17. The van der Waals surface area contributed by atoms with Gasteiger partial charge in [-0.15, -0.1) is 11.3 Å². The Hall–Kier alpha value is -1.89. The lowest BCUT2D eigenvalue weighted by atomic mass is 10.1. The molecule has 0 radical (unpaired) electrons. The first-order valence-corrected chi connectivity index (χ1v) is 9.71. The number of piperazine rings is 1. The lowest BCUT2D eigenvalue weighted by molar-refractivity contribution is 0.147. The molecule has 0 amide bonds. The maximum atomic E-state index is 9.14. The van der Waals surface area contributed by atoms with Crippen LogP contribution in [0.4, 0.5) is 17.1 Å². The van der Waals surface area contributed by atoms with Gasteiger partial charge in [0.1, 0.15) is 5.84 Å². The van der Waals surface area contributed by atoms with E-state index in [-0.39, 0.29) is 6.61 Å². The SMILES string of the molecule is Cc1cc2c(cc1C)Nc1cscc1C(N1CCN(CCO)CC1)=N2. The molecular formula is C19H24N4OS. The fourth-order valence-corrected chi connectivity index (χ4v) is 4.20. The van der Waals surface area contributed by atoms with Crippen molar-refractivity contribution in [3.63, 3.8) is 0 Å². The van der Waals surface area contributed by atoms with E-state index in [0.29, 0.717) is 0 Å². The summed E-state index contributed by atoms with van der Waals surface area (Å²) in [4.78, 5) is 9.76. The molecule has 5 nitrogen and oxygen atoms in total. The minimum atomic E-state index is 0.228. The smallest absolute Gasteiger partial charge is 0.139 e. The largest absolute Gasteiger partial charge is 0.395 e. The lowest BCUT2D eigenvalue weighted by Gasteiger charge is -2.36. The second-order valence-electron chi connectivity index (χ2n) is 6.77. The maximum Gasteiger partial charge on any atom is 0.139 e. The Morgan fingerprint density at radius 1 is 1.08 bits per heavy atom. The number of β-amino-alcohol motifs (C(OH)–C–C–N with tert-alkyl or cyclic N) is 1. The normalized spacial score (nSPS) is 17.4. The standard InChI is InChI=1S/C19H24N4OS/c1-13-9-16-17(10-14(13)2)21-19(15-11-25-12-18(15)20-16)23-5-3-22(4-6-23)7-8-24/h9-12,20,24H,3-8H2,1-2H3. The molecule has 0 spiro atoms. The molecule has 2 aromatic rings. The van der Waals surface area contributed by atoms with E-state index in [0.717, 1.165) is 55.6 Å². The Labute approximate surface area is 152 Å². The summed E-state index contributed by atoms with van der Waals surface area (Å²) in [6, 6.07) is 4.37. The molecule has 1 fully saturated rings. The minimum Gasteiger partial charge on any atom is -0.395 e. The molecular weight excluding hydrogens is 332 g/mol. The van der Waals surface area contributed by atoms with Crippen molar-refractivity contribution in [1.82, 2.24) is 9.80 Å². The van der Waals surface area contributed by atoms with E-state index in [2.05, 4.69) is 51.9 Å². The summed E-state index contributed by atoms with van der Waals surface area (Å²) in [7, 11) is 0. The monoisotopic (exact) mass is 356 g/mol. The van der Waals surface area contributed by atoms with Crippen LogP contribution < -0.4 is 5.32 Å². The zero-order valence-electron chi connectivity index (χ0n) is 14.7. The second kappa shape index (κ2) is 6.78. The molecule has 0 unspecified atom stereocenters. The first kappa shape index (κ1) is 16.6. The molecule has 2 N–H and O–H groups in total. The van der Waals surface area contributed by atoms with Crippen molar-refractivity contribution < 1.29 is 5.11 Å². The molecule has 25 heavy (non-hydrogen) atoms. The topological polar surface area (TPSA) is 51.1 Å². The second-order valence-corrected chi connectivity index (χ2v) is 7.51. The number of anilines is 2. The molecule has 4 rings (SSSR count). The molecule has 3 heterocycles. The Morgan fingerprint density at radius 3 is 2.60 bits per heavy atom. The van der Waals surface area contributed by atoms with Crippen LogP contribution >= 0.6 is 11.3 Å². The van der Waals surface area contributed by atoms with Crippen molar-refractivity contribution in [3.05, 3.63) is 39.6 Å². The minimum absolute atomic E-state index is 0.228. The van der Waals surface area contributed by atoms with Gasteiger partial charge >= 0.3 is 0 Å². The van der Waals surface area contributed by atoms with Crippen LogP contribution in [0.3, 0.4) is 0 Å². The molecule has 1 aromatic heterocycles. The summed E-state index contributed by atoms with van der Waals surface area (Å²) in [5.41, 5.74) is 6.96. The van der Waals surface area contributed by atoms with Crippen LogP contribution in [0.25, 0.3) is 0 Å². The number of rotatable bonds is 2. The van der Waals surface area contributed by atoms with Gasteiger partial charge in [-0.2, -0.15) is 0 Å². The Morgan fingerprint density at radius 2 is 1.84 bits per heavy atom. The number of thiophene rings is 1. The van der Waals surface area contributed by atoms with Crippen molar-refractivity contribution in [2.45, 2.75) is 13.8 Å². The van der Waals surface area contributed by atoms with Crippen LogP contribution in [-0.2, 0) is 0 Å². The van der Waals surface area contributed by atoms with Gasteiger partial charge in [-0.3, -0.25) is 4.90 Å². The first-order chi connectivity index (χ1) is 12.2. The van der Waals surface area contributed by atoms with E-state index in [1.807, 2.05) is 0 Å². The maximum absolute atomic E-state index is 9.14. The summed E-state index contributed by atoms with van der Waals surface area (Å²) in [5.74, 6) is 1.06. The van der Waals surface area contributed by atoms with Crippen LogP contribution in [0, 0.1) is 13.8 Å². The first-order valence-electron chi connectivity index (χ1n) is 8.77. The fourth-order valence-electron chi connectivity index (χ4n) is 3.45. The van der Waals surface area contributed by atoms with E-state index in [9.17, 15) is 0 Å². The van der Waals surface area contributed by atoms with Crippen LogP contribution in [0.5, 0.6) is 0 Å². The fraction of sp³-hybridized carbons (Fsp3) is 0.421. The number of fused-ring (bicyclic) bond motifs is 2. The zero-order chi connectivity index (χ0) is 17.4. The van der Waals surface area contributed by atoms with Crippen molar-refractivity contribution >= 4 is 34.2 Å². The van der Waals surface area contributed by atoms with E-state index < -0.39 is 0 Å². The third-order valence-electron chi connectivity index (χ3n) is 5.10. The van der Waals surface area contributed by atoms with Crippen LogP contribution in [0.2, 0.25) is 0 Å². The Kier molecular flexibility index (Phi) is 4.50. The molecule has 1 aromatic carbocycles. The number of aliphatic hydroxyl groups excluding tert-OH is 1. The van der Waals surface area contributed by atoms with Gasteiger partial charge in [0.25, 0.3) is 0 Å². The highest BCUT2D eigenvalue weighted by atomic mass is 32.1. The molecule has 0 bridgehead atoms. The molecule has 2 aliphatic rings. The van der Waals surface area contributed by atoms with Gasteiger partial charge < -0.3 is 15.3 Å². The van der Waals surface area contributed by atoms with Crippen LogP contribution in [-0.4, -0.2) is 60.1 Å². The van der Waals surface area contributed by atoms with Crippen molar-refractivity contribution in [2.24, 2.45) is 4.99 Å². The van der Waals surface area contributed by atoms with Crippen LogP contribution in [0.1, 0.15) is 16.7 Å². The molecule has 0 aliphatic carbocycles. The Balaban J connectivity index is 1.70. The molecule has 6 heteroatoms. The number of aryl methyl sites for hydroxylation is 2. The van der Waals surface area contributed by atoms with E-state index in [1.54, 1.807) is 11.3 Å². The van der Waals surface area contributed by atoms with Gasteiger partial charge in [0, 0.05) is 43.5 Å². The molecule has 0 atom stereocenters. The number of aliphatic imine (C=N–C) groups is 1. The number of nitrogens with one attached hydrogen (secondary N) is 1. The molecule has 132 valence electrons. The van der Waals surface area contributed by atoms with Gasteiger partial charge in [-0.05, 0) is 37.1 Å². The number of amidine groups is 1. The highest BCUT2D eigenvalue weighted by Crippen LogP contribution is 2.38. The van der Waals surface area contributed by atoms with Crippen molar-refractivity contribution in [2.75, 3.05) is 44.6 Å². The van der Waals surface area contributed by atoms with Gasteiger partial charge in [0.05, 0.1) is 29.2 Å².